The van der Waals surface area contributed by atoms with Gasteiger partial charge in [-0.25, -0.2) is 0 Å². The Labute approximate surface area is 162 Å². The van der Waals surface area contributed by atoms with Crippen LogP contribution in [0.2, 0.25) is 0 Å². The first-order valence-corrected chi connectivity index (χ1v) is 9.33. The second-order valence-electron chi connectivity index (χ2n) is 7.10. The molecule has 0 saturated carbocycles. The van der Waals surface area contributed by atoms with E-state index in [0.717, 1.165) is 34.6 Å². The quantitative estimate of drug-likeness (QED) is 0.757. The molecule has 2 aliphatic rings. The van der Waals surface area contributed by atoms with Crippen molar-refractivity contribution >= 4 is 11.7 Å². The monoisotopic (exact) mass is 376 g/mol. The maximum absolute atomic E-state index is 13.0. The summed E-state index contributed by atoms with van der Waals surface area (Å²) >= 11 is 0. The zero-order valence-electron chi connectivity index (χ0n) is 15.5. The van der Waals surface area contributed by atoms with Gasteiger partial charge in [0.2, 0.25) is 11.8 Å². The summed E-state index contributed by atoms with van der Waals surface area (Å²) in [6.45, 7) is 1.07. The van der Waals surface area contributed by atoms with Gasteiger partial charge in [0.15, 0.2) is 0 Å². The minimum atomic E-state index is -0.0497. The van der Waals surface area contributed by atoms with Crippen LogP contribution in [0.5, 0.6) is 11.6 Å². The molecular formula is C21H20N4O3. The minimum Gasteiger partial charge on any atom is -0.497 e. The first-order chi connectivity index (χ1) is 13.7. The maximum Gasteiger partial charge on any atom is 0.231 e. The summed E-state index contributed by atoms with van der Waals surface area (Å²) in [4.78, 5) is 19.4. The number of methoxy groups -OCH3 is 1. The number of hydrogen-bond acceptors (Lipinski definition) is 5. The van der Waals surface area contributed by atoms with Gasteiger partial charge in [-0.15, -0.1) is 0 Å². The molecule has 0 spiro atoms. The van der Waals surface area contributed by atoms with E-state index in [-0.39, 0.29) is 11.8 Å². The fourth-order valence-corrected chi connectivity index (χ4v) is 3.93. The average Bonchev–Trinajstić information content (AvgIpc) is 3.35. The number of carbonyl (C=O) groups excluding carboxylic acids is 1. The molecule has 1 N–H and O–H groups in total. The summed E-state index contributed by atoms with van der Waals surface area (Å²) in [5, 5.41) is 7.01. The number of pyridine rings is 1. The first-order valence-electron chi connectivity index (χ1n) is 9.33. The number of aromatic nitrogens is 3. The fourth-order valence-electron chi connectivity index (χ4n) is 3.93. The number of ether oxygens (including phenoxy) is 2. The van der Waals surface area contributed by atoms with Crippen LogP contribution in [0.15, 0.2) is 42.6 Å². The molecule has 1 saturated heterocycles. The molecular weight excluding hydrogens is 356 g/mol. The second kappa shape index (κ2) is 6.67. The Hall–Kier alpha value is -3.35. The molecule has 1 aromatic carbocycles. The van der Waals surface area contributed by atoms with Gasteiger partial charge in [-0.1, -0.05) is 12.1 Å². The van der Waals surface area contributed by atoms with Crippen LogP contribution < -0.4 is 14.4 Å². The van der Waals surface area contributed by atoms with E-state index in [9.17, 15) is 4.79 Å². The molecule has 1 unspecified atom stereocenters. The lowest BCUT2D eigenvalue weighted by Gasteiger charge is -2.20. The summed E-state index contributed by atoms with van der Waals surface area (Å²) in [5.41, 5.74) is 3.95. The predicted octanol–water partition coefficient (Wildman–Crippen LogP) is 2.97. The third-order valence-electron chi connectivity index (χ3n) is 5.42. The number of benzene rings is 1. The molecule has 0 bridgehead atoms. The molecule has 0 aliphatic carbocycles. The Kier molecular flexibility index (Phi) is 4.00. The van der Waals surface area contributed by atoms with E-state index in [1.165, 1.54) is 0 Å². The van der Waals surface area contributed by atoms with Crippen LogP contribution in [0, 0.1) is 5.92 Å². The molecule has 3 aromatic rings. The molecule has 142 valence electrons. The van der Waals surface area contributed by atoms with Gasteiger partial charge in [0, 0.05) is 23.6 Å². The number of rotatable bonds is 4. The van der Waals surface area contributed by atoms with Crippen molar-refractivity contribution in [3.63, 3.8) is 0 Å². The van der Waals surface area contributed by atoms with Crippen LogP contribution in [-0.2, 0) is 17.8 Å². The van der Waals surface area contributed by atoms with E-state index in [2.05, 4.69) is 15.2 Å². The lowest BCUT2D eigenvalue weighted by Crippen LogP contribution is -2.28. The van der Waals surface area contributed by atoms with Crippen LogP contribution >= 0.6 is 0 Å². The van der Waals surface area contributed by atoms with Crippen molar-refractivity contribution in [2.45, 2.75) is 19.4 Å². The standard InChI is InChI=1S/C21H20N4O3/c1-27-15-4-2-3-13(10-15)9-14-7-8-25(21(14)26)19-6-5-16-17-11-22-24-18(17)12-28-20(16)23-19/h2-6,10-11,14H,7-9,12H2,1H3,(H,22,24). The molecule has 0 radical (unpaired) electrons. The van der Waals surface area contributed by atoms with Gasteiger partial charge in [-0.05, 0) is 42.7 Å². The Morgan fingerprint density at radius 2 is 2.21 bits per heavy atom. The first kappa shape index (κ1) is 16.8. The Morgan fingerprint density at radius 3 is 3.11 bits per heavy atom. The smallest absolute Gasteiger partial charge is 0.231 e. The lowest BCUT2D eigenvalue weighted by molar-refractivity contribution is -0.120. The molecule has 7 heteroatoms. The number of nitrogens with zero attached hydrogens (tertiary/aromatic N) is 3. The number of H-pyrrole nitrogens is 1. The van der Waals surface area contributed by atoms with Crippen LogP contribution in [0.4, 0.5) is 5.82 Å². The Morgan fingerprint density at radius 1 is 1.29 bits per heavy atom. The van der Waals surface area contributed by atoms with Crippen molar-refractivity contribution in [2.75, 3.05) is 18.6 Å². The largest absolute Gasteiger partial charge is 0.497 e. The van der Waals surface area contributed by atoms with E-state index >= 15 is 0 Å². The highest BCUT2D eigenvalue weighted by atomic mass is 16.5. The van der Waals surface area contributed by atoms with Crippen molar-refractivity contribution in [1.82, 2.24) is 15.2 Å². The highest BCUT2D eigenvalue weighted by Gasteiger charge is 2.34. The van der Waals surface area contributed by atoms with Gasteiger partial charge in [0.05, 0.1) is 19.0 Å². The Bertz CT molecular complexity index is 1050. The summed E-state index contributed by atoms with van der Waals surface area (Å²) in [5.74, 6) is 2.06. The number of fused-ring (bicyclic) bond motifs is 3. The normalized spacial score (nSPS) is 17.8. The highest BCUT2D eigenvalue weighted by Crippen LogP contribution is 2.37. The zero-order chi connectivity index (χ0) is 19.1. The van der Waals surface area contributed by atoms with Crippen LogP contribution in [0.3, 0.4) is 0 Å². The number of carbonyl (C=O) groups is 1. The Balaban J connectivity index is 1.36. The van der Waals surface area contributed by atoms with E-state index in [1.54, 1.807) is 18.2 Å². The van der Waals surface area contributed by atoms with Crippen molar-refractivity contribution in [1.29, 1.82) is 0 Å². The third kappa shape index (κ3) is 2.79. The summed E-state index contributed by atoms with van der Waals surface area (Å²) in [6.07, 6.45) is 3.29. The van der Waals surface area contributed by atoms with E-state index < -0.39 is 0 Å². The molecule has 4 heterocycles. The fraction of sp³-hybridized carbons (Fsp3) is 0.286. The van der Waals surface area contributed by atoms with Crippen LogP contribution in [0.1, 0.15) is 17.7 Å². The van der Waals surface area contributed by atoms with Gasteiger partial charge in [-0.2, -0.15) is 10.1 Å². The molecule has 2 aromatic heterocycles. The van der Waals surface area contributed by atoms with Crippen molar-refractivity contribution < 1.29 is 14.3 Å². The van der Waals surface area contributed by atoms with Crippen LogP contribution in [0.25, 0.3) is 11.1 Å². The van der Waals surface area contributed by atoms with Crippen molar-refractivity contribution in [2.24, 2.45) is 5.92 Å². The van der Waals surface area contributed by atoms with Gasteiger partial charge in [0.25, 0.3) is 0 Å². The SMILES string of the molecule is COc1cccc(CC2CCN(c3ccc4c(n3)OCc3[nH]ncc3-4)C2=O)c1. The summed E-state index contributed by atoms with van der Waals surface area (Å²) in [6, 6.07) is 11.7. The average molecular weight is 376 g/mol. The maximum atomic E-state index is 13.0. The molecule has 28 heavy (non-hydrogen) atoms. The second-order valence-corrected chi connectivity index (χ2v) is 7.10. The summed E-state index contributed by atoms with van der Waals surface area (Å²) < 4.78 is 11.0. The minimum absolute atomic E-state index is 0.0497. The molecule has 5 rings (SSSR count). The predicted molar refractivity (Wildman–Crippen MR) is 103 cm³/mol. The number of amides is 1. The van der Waals surface area contributed by atoms with E-state index in [1.807, 2.05) is 36.4 Å². The van der Waals surface area contributed by atoms with Gasteiger partial charge in [-0.3, -0.25) is 14.8 Å². The number of hydrogen-bond donors (Lipinski definition) is 1. The molecule has 1 amide bonds. The van der Waals surface area contributed by atoms with Gasteiger partial charge >= 0.3 is 0 Å². The number of aromatic amines is 1. The number of nitrogens with one attached hydrogen (secondary N) is 1. The van der Waals surface area contributed by atoms with Crippen molar-refractivity contribution in [3.05, 3.63) is 53.9 Å². The van der Waals surface area contributed by atoms with Gasteiger partial charge in [0.1, 0.15) is 18.2 Å². The highest BCUT2D eigenvalue weighted by molar-refractivity contribution is 5.96. The van der Waals surface area contributed by atoms with E-state index in [0.29, 0.717) is 31.3 Å². The zero-order valence-corrected chi connectivity index (χ0v) is 15.5. The summed E-state index contributed by atoms with van der Waals surface area (Å²) in [7, 11) is 1.65. The van der Waals surface area contributed by atoms with Crippen LogP contribution in [-0.4, -0.2) is 34.7 Å². The van der Waals surface area contributed by atoms with Gasteiger partial charge < -0.3 is 9.47 Å². The lowest BCUT2D eigenvalue weighted by atomic mass is 9.98. The third-order valence-corrected chi connectivity index (χ3v) is 5.42. The molecule has 1 atom stereocenters. The number of anilines is 1. The molecule has 7 nitrogen and oxygen atoms in total. The van der Waals surface area contributed by atoms with E-state index in [4.69, 9.17) is 9.47 Å². The molecule has 1 fully saturated rings. The topological polar surface area (TPSA) is 80.3 Å². The molecule has 2 aliphatic heterocycles. The van der Waals surface area contributed by atoms with Crippen molar-refractivity contribution in [3.8, 4) is 22.8 Å².